The fraction of sp³-hybridized carbons (Fsp3) is 1.00. The van der Waals surface area contributed by atoms with Gasteiger partial charge in [0, 0.05) is 0 Å². The molecule has 2 atom stereocenters. The predicted octanol–water partition coefficient (Wildman–Crippen LogP) is 5.37. The molecule has 1 heteroatoms. The molecule has 0 heterocycles. The molecule has 1 aliphatic rings. The van der Waals surface area contributed by atoms with Crippen molar-refractivity contribution >= 4 is 0 Å². The van der Waals surface area contributed by atoms with Gasteiger partial charge in [0.25, 0.3) is 0 Å². The second-order valence-corrected chi connectivity index (χ2v) is 5.75. The maximum Gasteiger partial charge on any atom is 0.103 e. The van der Waals surface area contributed by atoms with E-state index in [2.05, 4.69) is 13.8 Å². The van der Waals surface area contributed by atoms with Gasteiger partial charge in [0.15, 0.2) is 0 Å². The minimum Gasteiger partial charge on any atom is -0.247 e. The zero-order valence-corrected chi connectivity index (χ0v) is 11.3. The van der Waals surface area contributed by atoms with Crippen molar-refractivity contribution in [3.8, 4) is 0 Å². The molecule has 1 saturated carbocycles. The SMILES string of the molecule is CCCCC(C(F)CC)C1CCC(C)CC1. The molecule has 0 radical (unpaired) electrons. The molecular formula is C15H29F. The Balaban J connectivity index is 2.47. The lowest BCUT2D eigenvalue weighted by Gasteiger charge is -2.34. The van der Waals surface area contributed by atoms with E-state index in [-0.39, 0.29) is 0 Å². The molecule has 0 nitrogen and oxygen atoms in total. The van der Waals surface area contributed by atoms with Gasteiger partial charge in [0.2, 0.25) is 0 Å². The van der Waals surface area contributed by atoms with Crippen molar-refractivity contribution < 1.29 is 4.39 Å². The van der Waals surface area contributed by atoms with Gasteiger partial charge in [-0.1, -0.05) is 46.5 Å². The summed E-state index contributed by atoms with van der Waals surface area (Å²) in [6, 6.07) is 0. The molecule has 2 unspecified atom stereocenters. The second-order valence-electron chi connectivity index (χ2n) is 5.75. The Kier molecular flexibility index (Phi) is 6.38. The molecule has 0 aliphatic heterocycles. The second kappa shape index (κ2) is 7.29. The number of rotatable bonds is 6. The first-order chi connectivity index (χ1) is 7.69. The summed E-state index contributed by atoms with van der Waals surface area (Å²) in [5.74, 6) is 1.91. The summed E-state index contributed by atoms with van der Waals surface area (Å²) >= 11 is 0. The molecule has 0 aromatic heterocycles. The van der Waals surface area contributed by atoms with E-state index in [0.717, 1.165) is 12.3 Å². The van der Waals surface area contributed by atoms with Gasteiger partial charge >= 0.3 is 0 Å². The summed E-state index contributed by atoms with van der Waals surface area (Å²) in [5.41, 5.74) is 0. The molecule has 96 valence electrons. The Morgan fingerprint density at radius 1 is 1.12 bits per heavy atom. The van der Waals surface area contributed by atoms with Gasteiger partial charge in [0.1, 0.15) is 6.17 Å². The number of halogens is 1. The molecule has 16 heavy (non-hydrogen) atoms. The Labute approximate surface area is 101 Å². The fourth-order valence-corrected chi connectivity index (χ4v) is 3.17. The highest BCUT2D eigenvalue weighted by atomic mass is 19.1. The van der Waals surface area contributed by atoms with E-state index in [1.165, 1.54) is 38.5 Å². The van der Waals surface area contributed by atoms with Crippen LogP contribution < -0.4 is 0 Å². The van der Waals surface area contributed by atoms with Gasteiger partial charge in [-0.2, -0.15) is 0 Å². The third-order valence-electron chi connectivity index (χ3n) is 4.41. The molecule has 1 aliphatic carbocycles. The number of unbranched alkanes of at least 4 members (excludes halogenated alkanes) is 1. The molecule has 1 rings (SSSR count). The van der Waals surface area contributed by atoms with Crippen LogP contribution in [0.25, 0.3) is 0 Å². The van der Waals surface area contributed by atoms with Crippen molar-refractivity contribution in [2.24, 2.45) is 17.8 Å². The third kappa shape index (κ3) is 4.07. The summed E-state index contributed by atoms with van der Waals surface area (Å²) in [5, 5.41) is 0. The summed E-state index contributed by atoms with van der Waals surface area (Å²) < 4.78 is 14.0. The molecular weight excluding hydrogens is 199 g/mol. The molecule has 0 bridgehead atoms. The average molecular weight is 228 g/mol. The maximum atomic E-state index is 14.0. The number of hydrogen-bond donors (Lipinski definition) is 0. The van der Waals surface area contributed by atoms with Crippen LogP contribution in [0.15, 0.2) is 0 Å². The van der Waals surface area contributed by atoms with Crippen molar-refractivity contribution in [1.29, 1.82) is 0 Å². The first-order valence-corrected chi connectivity index (χ1v) is 7.33. The first-order valence-electron chi connectivity index (χ1n) is 7.33. The van der Waals surface area contributed by atoms with Crippen LogP contribution in [0.2, 0.25) is 0 Å². The highest BCUT2D eigenvalue weighted by Crippen LogP contribution is 2.38. The summed E-state index contributed by atoms with van der Waals surface area (Å²) in [7, 11) is 0. The predicted molar refractivity (Wildman–Crippen MR) is 69.3 cm³/mol. The average Bonchev–Trinajstić information content (AvgIpc) is 2.31. The lowest BCUT2D eigenvalue weighted by Crippen LogP contribution is -2.28. The lowest BCUT2D eigenvalue weighted by atomic mass is 9.73. The van der Waals surface area contributed by atoms with E-state index in [1.54, 1.807) is 0 Å². The van der Waals surface area contributed by atoms with Crippen molar-refractivity contribution in [3.63, 3.8) is 0 Å². The molecule has 0 amide bonds. The first kappa shape index (κ1) is 14.0. The largest absolute Gasteiger partial charge is 0.247 e. The van der Waals surface area contributed by atoms with Gasteiger partial charge in [0.05, 0.1) is 0 Å². The normalized spacial score (nSPS) is 30.0. The summed E-state index contributed by atoms with van der Waals surface area (Å²) in [6.45, 7) is 6.54. The molecule has 0 saturated heterocycles. The zero-order valence-electron chi connectivity index (χ0n) is 11.3. The van der Waals surface area contributed by atoms with Crippen LogP contribution in [-0.2, 0) is 0 Å². The van der Waals surface area contributed by atoms with Crippen molar-refractivity contribution in [3.05, 3.63) is 0 Å². The number of hydrogen-bond acceptors (Lipinski definition) is 0. The standard InChI is InChI=1S/C15H29F/c1-4-6-7-14(15(16)5-2)13-10-8-12(3)9-11-13/h12-15H,4-11H2,1-3H3. The molecule has 1 fully saturated rings. The highest BCUT2D eigenvalue weighted by molar-refractivity contribution is 4.80. The van der Waals surface area contributed by atoms with Crippen LogP contribution in [-0.4, -0.2) is 6.17 Å². The third-order valence-corrected chi connectivity index (χ3v) is 4.41. The quantitative estimate of drug-likeness (QED) is 0.573. The van der Waals surface area contributed by atoms with Crippen LogP contribution >= 0.6 is 0 Å². The molecule has 0 aromatic rings. The topological polar surface area (TPSA) is 0 Å². The molecule has 0 spiro atoms. The Hall–Kier alpha value is -0.0700. The highest BCUT2D eigenvalue weighted by Gasteiger charge is 2.30. The van der Waals surface area contributed by atoms with Crippen LogP contribution in [0.5, 0.6) is 0 Å². The van der Waals surface area contributed by atoms with Crippen LogP contribution in [0.4, 0.5) is 4.39 Å². The van der Waals surface area contributed by atoms with E-state index in [9.17, 15) is 4.39 Å². The fourth-order valence-electron chi connectivity index (χ4n) is 3.17. The zero-order chi connectivity index (χ0) is 12.0. The van der Waals surface area contributed by atoms with E-state index < -0.39 is 6.17 Å². The van der Waals surface area contributed by atoms with E-state index in [1.807, 2.05) is 6.92 Å². The maximum absolute atomic E-state index is 14.0. The monoisotopic (exact) mass is 228 g/mol. The number of alkyl halides is 1. The lowest BCUT2D eigenvalue weighted by molar-refractivity contribution is 0.109. The van der Waals surface area contributed by atoms with Crippen molar-refractivity contribution in [2.45, 2.75) is 78.3 Å². The van der Waals surface area contributed by atoms with Gasteiger partial charge in [-0.05, 0) is 43.4 Å². The van der Waals surface area contributed by atoms with Gasteiger partial charge < -0.3 is 0 Å². The smallest absolute Gasteiger partial charge is 0.103 e. The van der Waals surface area contributed by atoms with Crippen LogP contribution in [0, 0.1) is 17.8 Å². The Morgan fingerprint density at radius 3 is 2.25 bits per heavy atom. The van der Waals surface area contributed by atoms with Gasteiger partial charge in [-0.25, -0.2) is 4.39 Å². The molecule has 0 N–H and O–H groups in total. The van der Waals surface area contributed by atoms with Gasteiger partial charge in [-0.15, -0.1) is 0 Å². The van der Waals surface area contributed by atoms with E-state index in [4.69, 9.17) is 0 Å². The Bertz CT molecular complexity index is 170. The van der Waals surface area contributed by atoms with Crippen LogP contribution in [0.3, 0.4) is 0 Å². The van der Waals surface area contributed by atoms with E-state index >= 15 is 0 Å². The minimum atomic E-state index is -0.551. The van der Waals surface area contributed by atoms with Gasteiger partial charge in [-0.3, -0.25) is 0 Å². The summed E-state index contributed by atoms with van der Waals surface area (Å²) in [4.78, 5) is 0. The summed E-state index contributed by atoms with van der Waals surface area (Å²) in [6.07, 6.45) is 8.88. The Morgan fingerprint density at radius 2 is 1.75 bits per heavy atom. The van der Waals surface area contributed by atoms with Crippen molar-refractivity contribution in [2.75, 3.05) is 0 Å². The van der Waals surface area contributed by atoms with E-state index in [0.29, 0.717) is 18.3 Å². The van der Waals surface area contributed by atoms with Crippen molar-refractivity contribution in [1.82, 2.24) is 0 Å². The van der Waals surface area contributed by atoms with Crippen LogP contribution in [0.1, 0.15) is 72.1 Å². The molecule has 0 aromatic carbocycles. The minimum absolute atomic E-state index is 0.359.